The Hall–Kier alpha value is -0.470. The van der Waals surface area contributed by atoms with Gasteiger partial charge in [-0.15, -0.1) is 11.3 Å². The number of methoxy groups -OCH3 is 1. The molecule has 1 aromatic heterocycles. The number of nitrogens with one attached hydrogen (secondary N) is 1. The lowest BCUT2D eigenvalue weighted by Crippen LogP contribution is -2.24. The van der Waals surface area contributed by atoms with Gasteiger partial charge in [-0.25, -0.2) is 13.1 Å². The Balaban J connectivity index is 2.57. The Morgan fingerprint density at radius 3 is 2.72 bits per heavy atom. The van der Waals surface area contributed by atoms with E-state index in [0.717, 1.165) is 29.7 Å². The van der Waals surface area contributed by atoms with Crippen LogP contribution in [0.4, 0.5) is 0 Å². The van der Waals surface area contributed by atoms with E-state index in [1.54, 1.807) is 20.1 Å². The van der Waals surface area contributed by atoms with E-state index in [0.29, 0.717) is 18.0 Å². The van der Waals surface area contributed by atoms with Crippen molar-refractivity contribution in [1.29, 1.82) is 0 Å². The minimum atomic E-state index is -3.44. The van der Waals surface area contributed by atoms with Crippen molar-refractivity contribution in [3.63, 3.8) is 0 Å². The zero-order valence-corrected chi connectivity index (χ0v) is 12.2. The summed E-state index contributed by atoms with van der Waals surface area (Å²) in [6.07, 6.45) is 1.56. The molecule has 0 radical (unpaired) electrons. The average molecular weight is 293 g/mol. The van der Waals surface area contributed by atoms with Crippen LogP contribution in [0.5, 0.6) is 0 Å². The van der Waals surface area contributed by atoms with Crippen LogP contribution in [0.1, 0.15) is 23.3 Å². The number of aryl methyl sites for hydroxylation is 1. The Kier molecular flexibility index (Phi) is 6.24. The Bertz CT molecular complexity index is 467. The maximum atomic E-state index is 11.9. The van der Waals surface area contributed by atoms with Crippen LogP contribution in [0.25, 0.3) is 0 Å². The fourth-order valence-corrected chi connectivity index (χ4v) is 3.99. The predicted octanol–water partition coefficient (Wildman–Crippen LogP) is 1.25. The molecule has 18 heavy (non-hydrogen) atoms. The Morgan fingerprint density at radius 1 is 1.44 bits per heavy atom. The van der Waals surface area contributed by atoms with Crippen molar-refractivity contribution < 1.29 is 18.3 Å². The number of hydrogen-bond acceptors (Lipinski definition) is 5. The van der Waals surface area contributed by atoms with Gasteiger partial charge in [-0.05, 0) is 31.4 Å². The minimum Gasteiger partial charge on any atom is -0.391 e. The maximum Gasteiger partial charge on any atom is 0.250 e. The molecule has 0 bridgehead atoms. The van der Waals surface area contributed by atoms with Crippen molar-refractivity contribution in [2.75, 3.05) is 20.3 Å². The van der Waals surface area contributed by atoms with Gasteiger partial charge in [0.1, 0.15) is 4.21 Å². The summed E-state index contributed by atoms with van der Waals surface area (Å²) in [7, 11) is -1.82. The van der Waals surface area contributed by atoms with Crippen LogP contribution < -0.4 is 4.72 Å². The second kappa shape index (κ2) is 7.20. The van der Waals surface area contributed by atoms with Gasteiger partial charge in [0.25, 0.3) is 0 Å². The molecule has 1 aromatic rings. The van der Waals surface area contributed by atoms with E-state index in [9.17, 15) is 8.42 Å². The third kappa shape index (κ3) is 4.33. The van der Waals surface area contributed by atoms with E-state index in [1.807, 2.05) is 0 Å². The van der Waals surface area contributed by atoms with Crippen LogP contribution in [-0.2, 0) is 21.4 Å². The summed E-state index contributed by atoms with van der Waals surface area (Å²) in [4.78, 5) is 0.690. The molecule has 1 heterocycles. The van der Waals surface area contributed by atoms with E-state index in [2.05, 4.69) is 4.72 Å². The van der Waals surface area contributed by atoms with Gasteiger partial charge in [0, 0.05) is 25.1 Å². The lowest BCUT2D eigenvalue weighted by Gasteiger charge is -2.04. The summed E-state index contributed by atoms with van der Waals surface area (Å²) in [6, 6.07) is 1.59. The van der Waals surface area contributed by atoms with Crippen molar-refractivity contribution >= 4 is 21.4 Å². The Labute approximate surface area is 112 Å². The van der Waals surface area contributed by atoms with Crippen LogP contribution in [0.3, 0.4) is 0 Å². The van der Waals surface area contributed by atoms with Gasteiger partial charge >= 0.3 is 0 Å². The van der Waals surface area contributed by atoms with E-state index >= 15 is 0 Å². The summed E-state index contributed by atoms with van der Waals surface area (Å²) >= 11 is 1.11. The van der Waals surface area contributed by atoms with Crippen LogP contribution in [0, 0.1) is 6.92 Å². The first kappa shape index (κ1) is 15.6. The molecule has 0 aliphatic rings. The monoisotopic (exact) mass is 293 g/mol. The lowest BCUT2D eigenvalue weighted by molar-refractivity contribution is 0.193. The number of hydrogen-bond donors (Lipinski definition) is 2. The number of aliphatic hydroxyl groups is 1. The van der Waals surface area contributed by atoms with Crippen molar-refractivity contribution in [2.45, 2.75) is 30.6 Å². The number of ether oxygens (including phenoxy) is 1. The fourth-order valence-electron chi connectivity index (χ4n) is 1.43. The molecule has 0 amide bonds. The summed E-state index contributed by atoms with van der Waals surface area (Å²) in [5, 5.41) is 9.05. The first-order valence-corrected chi connectivity index (χ1v) is 8.00. The van der Waals surface area contributed by atoms with Gasteiger partial charge in [-0.2, -0.15) is 0 Å². The first-order chi connectivity index (χ1) is 8.51. The smallest absolute Gasteiger partial charge is 0.250 e. The van der Waals surface area contributed by atoms with E-state index < -0.39 is 10.0 Å². The molecule has 2 N–H and O–H groups in total. The van der Waals surface area contributed by atoms with Crippen LogP contribution in [0.15, 0.2) is 10.3 Å². The molecule has 0 spiro atoms. The topological polar surface area (TPSA) is 75.6 Å². The molecule has 0 aliphatic carbocycles. The summed E-state index contributed by atoms with van der Waals surface area (Å²) in [5.74, 6) is 0. The molecular formula is C11H19NO4S2. The maximum absolute atomic E-state index is 11.9. The quantitative estimate of drug-likeness (QED) is 0.707. The minimum absolute atomic E-state index is 0.125. The van der Waals surface area contributed by atoms with Gasteiger partial charge < -0.3 is 9.84 Å². The predicted molar refractivity (Wildman–Crippen MR) is 71.3 cm³/mol. The number of rotatable bonds is 8. The normalized spacial score (nSPS) is 11.9. The highest BCUT2D eigenvalue weighted by Crippen LogP contribution is 2.25. The molecule has 5 nitrogen and oxygen atoms in total. The average Bonchev–Trinajstić information content (AvgIpc) is 2.71. The summed E-state index contributed by atoms with van der Waals surface area (Å²) in [5.41, 5.74) is 0.808. The summed E-state index contributed by atoms with van der Waals surface area (Å²) in [6.45, 7) is 2.70. The highest BCUT2D eigenvalue weighted by atomic mass is 32.2. The zero-order valence-electron chi connectivity index (χ0n) is 10.6. The zero-order chi connectivity index (χ0) is 13.6. The standard InChI is InChI=1S/C11H19NO4S2/c1-9-7-11(17-10(9)8-13)18(14,15)12-5-3-4-6-16-2/h7,12-13H,3-6,8H2,1-2H3. The molecule has 0 unspecified atom stereocenters. The van der Waals surface area contributed by atoms with Gasteiger partial charge in [-0.3, -0.25) is 0 Å². The SMILES string of the molecule is COCCCCNS(=O)(=O)c1cc(C)c(CO)s1. The second-order valence-electron chi connectivity index (χ2n) is 3.93. The van der Waals surface area contributed by atoms with Gasteiger partial charge in [0.15, 0.2) is 0 Å². The van der Waals surface area contributed by atoms with Gasteiger partial charge in [-0.1, -0.05) is 0 Å². The summed E-state index contributed by atoms with van der Waals surface area (Å²) < 4.78 is 31.6. The van der Waals surface area contributed by atoms with Gasteiger partial charge in [0.05, 0.1) is 6.61 Å². The van der Waals surface area contributed by atoms with Crippen molar-refractivity contribution in [3.8, 4) is 0 Å². The number of unbranched alkanes of at least 4 members (excludes halogenated alkanes) is 1. The number of aliphatic hydroxyl groups excluding tert-OH is 1. The molecule has 104 valence electrons. The van der Waals surface area contributed by atoms with Gasteiger partial charge in [0.2, 0.25) is 10.0 Å². The highest BCUT2D eigenvalue weighted by molar-refractivity contribution is 7.91. The third-order valence-electron chi connectivity index (χ3n) is 2.47. The molecule has 0 saturated carbocycles. The molecule has 0 fully saturated rings. The molecule has 0 saturated heterocycles. The first-order valence-electron chi connectivity index (χ1n) is 5.70. The number of sulfonamides is 1. The molecule has 0 atom stereocenters. The van der Waals surface area contributed by atoms with E-state index in [-0.39, 0.29) is 10.8 Å². The fraction of sp³-hybridized carbons (Fsp3) is 0.636. The second-order valence-corrected chi connectivity index (χ2v) is 7.06. The third-order valence-corrected chi connectivity index (χ3v) is 5.63. The van der Waals surface area contributed by atoms with Crippen LogP contribution >= 0.6 is 11.3 Å². The largest absolute Gasteiger partial charge is 0.391 e. The Morgan fingerprint density at radius 2 is 2.17 bits per heavy atom. The van der Waals surface area contributed by atoms with Crippen LogP contribution in [-0.4, -0.2) is 33.8 Å². The number of thiophene rings is 1. The van der Waals surface area contributed by atoms with Crippen molar-refractivity contribution in [2.24, 2.45) is 0 Å². The van der Waals surface area contributed by atoms with E-state index in [4.69, 9.17) is 9.84 Å². The van der Waals surface area contributed by atoms with Crippen molar-refractivity contribution in [1.82, 2.24) is 4.72 Å². The molecule has 7 heteroatoms. The molecule has 0 aliphatic heterocycles. The molecule has 1 rings (SSSR count). The molecular weight excluding hydrogens is 274 g/mol. The lowest BCUT2D eigenvalue weighted by atomic mass is 10.3. The van der Waals surface area contributed by atoms with E-state index in [1.165, 1.54) is 0 Å². The van der Waals surface area contributed by atoms with Crippen molar-refractivity contribution in [3.05, 3.63) is 16.5 Å². The van der Waals surface area contributed by atoms with Crippen LogP contribution in [0.2, 0.25) is 0 Å². The highest BCUT2D eigenvalue weighted by Gasteiger charge is 2.17. The molecule has 0 aromatic carbocycles.